The predicted molar refractivity (Wildman–Crippen MR) is 113 cm³/mol. The minimum Gasteiger partial charge on any atom is -0.461 e. The van der Waals surface area contributed by atoms with E-state index >= 15 is 0 Å². The minimum absolute atomic E-state index is 0.00284. The van der Waals surface area contributed by atoms with Gasteiger partial charge in [0.2, 0.25) is 0 Å². The van der Waals surface area contributed by atoms with Crippen molar-refractivity contribution in [2.75, 3.05) is 6.61 Å². The van der Waals surface area contributed by atoms with E-state index < -0.39 is 12.1 Å². The molecule has 0 heterocycles. The van der Waals surface area contributed by atoms with Crippen LogP contribution in [0.5, 0.6) is 0 Å². The standard InChI is InChI=1S/C25H27NO4/c27-24(30-17-7-1-2-8-17)23(16-13-14-16)26-25(28)29-15-22-20-11-5-3-9-18(20)19-10-4-6-12-21(19)22/h3-6,9-12,16-17,22-23H,1-2,7-8,13-15H2,(H,26,28). The maximum Gasteiger partial charge on any atom is 0.407 e. The number of carbonyl (C=O) groups is 2. The third-order valence-electron chi connectivity index (χ3n) is 6.55. The van der Waals surface area contributed by atoms with Crippen LogP contribution in [0.15, 0.2) is 48.5 Å². The van der Waals surface area contributed by atoms with Crippen LogP contribution in [-0.2, 0) is 14.3 Å². The van der Waals surface area contributed by atoms with Gasteiger partial charge >= 0.3 is 12.1 Å². The lowest BCUT2D eigenvalue weighted by molar-refractivity contribution is -0.151. The Labute approximate surface area is 176 Å². The number of alkyl carbamates (subject to hydrolysis) is 1. The third kappa shape index (κ3) is 3.81. The summed E-state index contributed by atoms with van der Waals surface area (Å²) >= 11 is 0. The molecule has 5 rings (SSSR count). The second-order valence-corrected chi connectivity index (χ2v) is 8.63. The highest BCUT2D eigenvalue weighted by atomic mass is 16.6. The van der Waals surface area contributed by atoms with E-state index in [9.17, 15) is 9.59 Å². The van der Waals surface area contributed by atoms with Crippen LogP contribution < -0.4 is 5.32 Å². The minimum atomic E-state index is -0.596. The molecule has 5 nitrogen and oxygen atoms in total. The van der Waals surface area contributed by atoms with Gasteiger partial charge in [-0.25, -0.2) is 9.59 Å². The first-order valence-electron chi connectivity index (χ1n) is 11.0. The van der Waals surface area contributed by atoms with E-state index in [0.29, 0.717) is 0 Å². The van der Waals surface area contributed by atoms with Crippen molar-refractivity contribution in [1.82, 2.24) is 5.32 Å². The quantitative estimate of drug-likeness (QED) is 0.702. The number of nitrogens with one attached hydrogen (secondary N) is 1. The number of amides is 1. The molecule has 1 unspecified atom stereocenters. The van der Waals surface area contributed by atoms with Crippen LogP contribution in [0.25, 0.3) is 11.1 Å². The molecule has 1 N–H and O–H groups in total. The number of fused-ring (bicyclic) bond motifs is 3. The van der Waals surface area contributed by atoms with Gasteiger partial charge in [-0.2, -0.15) is 0 Å². The van der Waals surface area contributed by atoms with E-state index in [1.165, 1.54) is 22.3 Å². The molecular weight excluding hydrogens is 378 g/mol. The molecule has 3 aliphatic rings. The lowest BCUT2D eigenvalue weighted by Crippen LogP contribution is -2.44. The second kappa shape index (κ2) is 8.13. The topological polar surface area (TPSA) is 64.6 Å². The SMILES string of the molecule is O=C(NC(C(=O)OC1CCCC1)C1CC1)OCC1c2ccccc2-c2ccccc21. The van der Waals surface area contributed by atoms with Crippen LogP contribution in [0.2, 0.25) is 0 Å². The van der Waals surface area contributed by atoms with Crippen molar-refractivity contribution in [3.05, 3.63) is 59.7 Å². The summed E-state index contributed by atoms with van der Waals surface area (Å²) in [6.45, 7) is 0.245. The number of esters is 1. The molecule has 0 radical (unpaired) electrons. The van der Waals surface area contributed by atoms with Gasteiger partial charge < -0.3 is 14.8 Å². The molecule has 0 bridgehead atoms. The number of benzene rings is 2. The van der Waals surface area contributed by atoms with E-state index in [1.54, 1.807) is 0 Å². The van der Waals surface area contributed by atoms with Crippen LogP contribution in [0, 0.1) is 5.92 Å². The summed E-state index contributed by atoms with van der Waals surface area (Å²) in [4.78, 5) is 25.2. The summed E-state index contributed by atoms with van der Waals surface area (Å²) < 4.78 is 11.2. The van der Waals surface area contributed by atoms with Crippen LogP contribution >= 0.6 is 0 Å². The Morgan fingerprint density at radius 3 is 2.10 bits per heavy atom. The summed E-state index contributed by atoms with van der Waals surface area (Å²) in [5, 5.41) is 2.79. The molecule has 0 spiro atoms. The Morgan fingerprint density at radius 2 is 1.50 bits per heavy atom. The highest BCUT2D eigenvalue weighted by Gasteiger charge is 2.40. The number of carbonyl (C=O) groups excluding carboxylic acids is 2. The first-order valence-corrected chi connectivity index (χ1v) is 11.0. The summed E-state index contributed by atoms with van der Waals surface area (Å²) in [5.41, 5.74) is 4.73. The second-order valence-electron chi connectivity index (χ2n) is 8.63. The van der Waals surface area contributed by atoms with E-state index in [4.69, 9.17) is 9.47 Å². The largest absolute Gasteiger partial charge is 0.461 e. The van der Waals surface area contributed by atoms with Crippen LogP contribution in [0.3, 0.4) is 0 Å². The molecule has 0 saturated heterocycles. The van der Waals surface area contributed by atoms with Crippen molar-refractivity contribution in [3.8, 4) is 11.1 Å². The van der Waals surface area contributed by atoms with Crippen molar-refractivity contribution < 1.29 is 19.1 Å². The van der Waals surface area contributed by atoms with E-state index in [1.807, 2.05) is 24.3 Å². The fourth-order valence-corrected chi connectivity index (χ4v) is 4.81. The van der Waals surface area contributed by atoms with Gasteiger partial charge in [-0.3, -0.25) is 0 Å². The van der Waals surface area contributed by atoms with Crippen molar-refractivity contribution in [2.24, 2.45) is 5.92 Å². The Balaban J connectivity index is 1.23. The fraction of sp³-hybridized carbons (Fsp3) is 0.440. The Kier molecular flexibility index (Phi) is 5.19. The highest BCUT2D eigenvalue weighted by molar-refractivity contribution is 5.82. The average molecular weight is 405 g/mol. The molecule has 1 amide bonds. The number of hydrogen-bond donors (Lipinski definition) is 1. The fourth-order valence-electron chi connectivity index (χ4n) is 4.81. The Hall–Kier alpha value is -2.82. The molecular formula is C25H27NO4. The van der Waals surface area contributed by atoms with E-state index in [0.717, 1.165) is 38.5 Å². The van der Waals surface area contributed by atoms with Gasteiger partial charge in [-0.15, -0.1) is 0 Å². The molecule has 2 saturated carbocycles. The number of hydrogen-bond acceptors (Lipinski definition) is 4. The van der Waals surface area contributed by atoms with Crippen LogP contribution in [0.1, 0.15) is 55.6 Å². The summed E-state index contributed by atoms with van der Waals surface area (Å²) in [7, 11) is 0. The average Bonchev–Trinajstić information content (AvgIpc) is 3.38. The summed E-state index contributed by atoms with van der Waals surface area (Å²) in [6, 6.07) is 15.9. The zero-order chi connectivity index (χ0) is 20.5. The van der Waals surface area contributed by atoms with Gasteiger partial charge in [0.1, 0.15) is 18.8 Å². The van der Waals surface area contributed by atoms with Crippen molar-refractivity contribution in [1.29, 1.82) is 0 Å². The molecule has 30 heavy (non-hydrogen) atoms. The molecule has 156 valence electrons. The van der Waals surface area contributed by atoms with E-state index in [-0.39, 0.29) is 30.5 Å². The number of rotatable bonds is 6. The molecule has 5 heteroatoms. The zero-order valence-corrected chi connectivity index (χ0v) is 17.0. The van der Waals surface area contributed by atoms with E-state index in [2.05, 4.69) is 29.6 Å². The van der Waals surface area contributed by atoms with Crippen LogP contribution in [0.4, 0.5) is 4.79 Å². The smallest absolute Gasteiger partial charge is 0.407 e. The van der Waals surface area contributed by atoms with Gasteiger partial charge in [0.05, 0.1) is 0 Å². The first-order chi connectivity index (χ1) is 14.7. The van der Waals surface area contributed by atoms with Gasteiger partial charge in [0, 0.05) is 5.92 Å². The first kappa shape index (κ1) is 19.2. The normalized spacial score (nSPS) is 19.1. The van der Waals surface area contributed by atoms with Gasteiger partial charge in [-0.05, 0) is 66.7 Å². The maximum absolute atomic E-state index is 12.6. The molecule has 0 aromatic heterocycles. The lowest BCUT2D eigenvalue weighted by Gasteiger charge is -2.20. The van der Waals surface area contributed by atoms with Gasteiger partial charge in [0.15, 0.2) is 0 Å². The third-order valence-corrected chi connectivity index (χ3v) is 6.55. The predicted octanol–water partition coefficient (Wildman–Crippen LogP) is 4.79. The summed E-state index contributed by atoms with van der Waals surface area (Å²) in [5.74, 6) is -0.134. The highest BCUT2D eigenvalue weighted by Crippen LogP contribution is 2.44. The van der Waals surface area contributed by atoms with Crippen molar-refractivity contribution in [3.63, 3.8) is 0 Å². The molecule has 2 fully saturated rings. The molecule has 1 atom stereocenters. The maximum atomic E-state index is 12.6. The molecule has 0 aliphatic heterocycles. The van der Waals surface area contributed by atoms with Gasteiger partial charge in [0.25, 0.3) is 0 Å². The number of ether oxygens (including phenoxy) is 2. The van der Waals surface area contributed by atoms with Crippen molar-refractivity contribution in [2.45, 2.75) is 56.6 Å². The van der Waals surface area contributed by atoms with Gasteiger partial charge in [-0.1, -0.05) is 48.5 Å². The van der Waals surface area contributed by atoms with Crippen LogP contribution in [-0.4, -0.2) is 30.8 Å². The Morgan fingerprint density at radius 1 is 0.900 bits per heavy atom. The molecule has 3 aliphatic carbocycles. The zero-order valence-electron chi connectivity index (χ0n) is 17.0. The molecule has 2 aromatic carbocycles. The lowest BCUT2D eigenvalue weighted by atomic mass is 9.98. The van der Waals surface area contributed by atoms with Crippen molar-refractivity contribution >= 4 is 12.1 Å². The summed E-state index contributed by atoms with van der Waals surface area (Å²) in [6.07, 6.45) is 5.39. The molecule has 2 aromatic rings. The Bertz CT molecular complexity index is 900. The monoisotopic (exact) mass is 405 g/mol.